The number of nitrogens with zero attached hydrogens (tertiary/aromatic N) is 4. The number of ether oxygens (including phenoxy) is 1. The second-order valence-corrected chi connectivity index (χ2v) is 4.55. The number of tetrazole rings is 1. The lowest BCUT2D eigenvalue weighted by molar-refractivity contribution is 0.121. The van der Waals surface area contributed by atoms with Gasteiger partial charge in [0, 0.05) is 12.7 Å². The van der Waals surface area contributed by atoms with Crippen molar-refractivity contribution in [3.63, 3.8) is 0 Å². The van der Waals surface area contributed by atoms with Gasteiger partial charge in [0.2, 0.25) is 0 Å². The molecule has 0 fully saturated rings. The SMILES string of the molecule is CCCCOCCn1nnnc1-c1cc(N)c(F)cc1F. The van der Waals surface area contributed by atoms with Gasteiger partial charge in [0.25, 0.3) is 0 Å². The summed E-state index contributed by atoms with van der Waals surface area (Å²) >= 11 is 0. The van der Waals surface area contributed by atoms with Crippen molar-refractivity contribution < 1.29 is 13.5 Å². The van der Waals surface area contributed by atoms with E-state index in [4.69, 9.17) is 10.5 Å². The van der Waals surface area contributed by atoms with Gasteiger partial charge in [-0.2, -0.15) is 0 Å². The lowest BCUT2D eigenvalue weighted by Gasteiger charge is -2.07. The molecule has 1 aromatic heterocycles. The maximum absolute atomic E-state index is 13.8. The minimum atomic E-state index is -0.807. The number of halogens is 2. The summed E-state index contributed by atoms with van der Waals surface area (Å²) in [5.74, 6) is -1.37. The Labute approximate surface area is 120 Å². The Hall–Kier alpha value is -2.09. The number of nitrogen functional groups attached to an aromatic ring is 1. The fraction of sp³-hybridized carbons (Fsp3) is 0.462. The van der Waals surface area contributed by atoms with Crippen LogP contribution >= 0.6 is 0 Å². The predicted molar refractivity (Wildman–Crippen MR) is 73.3 cm³/mol. The predicted octanol–water partition coefficient (Wildman–Crippen LogP) is 2.02. The van der Waals surface area contributed by atoms with E-state index in [-0.39, 0.29) is 17.1 Å². The molecule has 0 aliphatic heterocycles. The molecule has 0 spiro atoms. The van der Waals surface area contributed by atoms with E-state index in [1.165, 1.54) is 10.7 Å². The van der Waals surface area contributed by atoms with Gasteiger partial charge in [-0.15, -0.1) is 5.10 Å². The van der Waals surface area contributed by atoms with E-state index in [9.17, 15) is 8.78 Å². The van der Waals surface area contributed by atoms with Gasteiger partial charge in [-0.05, 0) is 22.9 Å². The molecule has 0 unspecified atom stereocenters. The third kappa shape index (κ3) is 3.72. The van der Waals surface area contributed by atoms with Crippen LogP contribution in [-0.4, -0.2) is 33.4 Å². The van der Waals surface area contributed by atoms with Crippen LogP contribution in [0.25, 0.3) is 11.4 Å². The number of unbranched alkanes of at least 4 members (excludes halogenated alkanes) is 1. The van der Waals surface area contributed by atoms with Crippen LogP contribution in [0.5, 0.6) is 0 Å². The number of rotatable bonds is 7. The van der Waals surface area contributed by atoms with E-state index in [2.05, 4.69) is 22.4 Å². The number of hydrogen-bond acceptors (Lipinski definition) is 5. The highest BCUT2D eigenvalue weighted by Gasteiger charge is 2.16. The summed E-state index contributed by atoms with van der Waals surface area (Å²) < 4.78 is 33.8. The molecule has 0 bridgehead atoms. The molecule has 0 saturated heterocycles. The summed E-state index contributed by atoms with van der Waals surface area (Å²) in [5, 5.41) is 11.1. The van der Waals surface area contributed by atoms with Gasteiger partial charge in [-0.3, -0.25) is 0 Å². The summed E-state index contributed by atoms with van der Waals surface area (Å²) in [5.41, 5.74) is 5.37. The van der Waals surface area contributed by atoms with Crippen LogP contribution in [0.15, 0.2) is 12.1 Å². The zero-order valence-corrected chi connectivity index (χ0v) is 11.7. The van der Waals surface area contributed by atoms with Gasteiger partial charge in [-0.25, -0.2) is 13.5 Å². The first-order valence-electron chi connectivity index (χ1n) is 6.72. The number of hydrogen-bond donors (Lipinski definition) is 1. The summed E-state index contributed by atoms with van der Waals surface area (Å²) in [6.45, 7) is 3.52. The molecule has 0 saturated carbocycles. The topological polar surface area (TPSA) is 78.8 Å². The second kappa shape index (κ2) is 7.07. The first-order valence-corrected chi connectivity index (χ1v) is 6.72. The monoisotopic (exact) mass is 297 g/mol. The maximum atomic E-state index is 13.8. The molecule has 21 heavy (non-hydrogen) atoms. The molecular formula is C13H17F2N5O. The Bertz CT molecular complexity index is 602. The Morgan fingerprint density at radius 2 is 2.05 bits per heavy atom. The minimum absolute atomic E-state index is 0.0625. The first kappa shape index (κ1) is 15.3. The molecule has 0 radical (unpaired) electrons. The first-order chi connectivity index (χ1) is 10.1. The standard InChI is InChI=1S/C13H17F2N5O/c1-2-3-5-21-6-4-20-13(17-18-19-20)9-7-12(16)11(15)8-10(9)14/h7-8H,2-6,16H2,1H3. The summed E-state index contributed by atoms with van der Waals surface area (Å²) in [6.07, 6.45) is 2.03. The lowest BCUT2D eigenvalue weighted by atomic mass is 10.1. The summed E-state index contributed by atoms with van der Waals surface area (Å²) in [7, 11) is 0. The average molecular weight is 297 g/mol. The molecule has 8 heteroatoms. The molecule has 0 aliphatic rings. The molecule has 114 valence electrons. The fourth-order valence-corrected chi connectivity index (χ4v) is 1.78. The Kier molecular flexibility index (Phi) is 5.15. The summed E-state index contributed by atoms with van der Waals surface area (Å²) in [4.78, 5) is 0. The third-order valence-electron chi connectivity index (χ3n) is 2.95. The fourth-order valence-electron chi connectivity index (χ4n) is 1.78. The van der Waals surface area contributed by atoms with Gasteiger partial charge in [0.05, 0.1) is 24.4 Å². The number of benzene rings is 1. The van der Waals surface area contributed by atoms with Crippen molar-refractivity contribution in [2.24, 2.45) is 0 Å². The van der Waals surface area contributed by atoms with E-state index in [0.717, 1.165) is 18.9 Å². The largest absolute Gasteiger partial charge is 0.396 e. The molecule has 2 N–H and O–H groups in total. The van der Waals surface area contributed by atoms with Gasteiger partial charge in [-0.1, -0.05) is 13.3 Å². The molecule has 2 rings (SSSR count). The highest BCUT2D eigenvalue weighted by molar-refractivity contribution is 5.62. The van der Waals surface area contributed by atoms with Crippen LogP contribution in [0.3, 0.4) is 0 Å². The highest BCUT2D eigenvalue weighted by Crippen LogP contribution is 2.24. The average Bonchev–Trinajstić information content (AvgIpc) is 2.91. The van der Waals surface area contributed by atoms with E-state index in [1.807, 2.05) is 0 Å². The van der Waals surface area contributed by atoms with Crippen molar-refractivity contribution in [1.82, 2.24) is 20.2 Å². The van der Waals surface area contributed by atoms with Crippen molar-refractivity contribution >= 4 is 5.69 Å². The Balaban J connectivity index is 2.11. The van der Waals surface area contributed by atoms with Crippen LogP contribution in [-0.2, 0) is 11.3 Å². The van der Waals surface area contributed by atoms with Crippen molar-refractivity contribution in [1.29, 1.82) is 0 Å². The van der Waals surface area contributed by atoms with Crippen molar-refractivity contribution in [2.75, 3.05) is 18.9 Å². The zero-order valence-electron chi connectivity index (χ0n) is 11.7. The van der Waals surface area contributed by atoms with Crippen molar-refractivity contribution in [3.8, 4) is 11.4 Å². The lowest BCUT2D eigenvalue weighted by Crippen LogP contribution is -2.10. The van der Waals surface area contributed by atoms with Gasteiger partial charge in [0.15, 0.2) is 5.82 Å². The quantitative estimate of drug-likeness (QED) is 0.625. The Morgan fingerprint density at radius 1 is 1.24 bits per heavy atom. The smallest absolute Gasteiger partial charge is 0.185 e. The molecule has 1 aromatic carbocycles. The third-order valence-corrected chi connectivity index (χ3v) is 2.95. The molecule has 1 heterocycles. The number of anilines is 1. The molecular weight excluding hydrogens is 280 g/mol. The van der Waals surface area contributed by atoms with Crippen LogP contribution in [0.2, 0.25) is 0 Å². The number of nitrogens with two attached hydrogens (primary N) is 1. The van der Waals surface area contributed by atoms with Crippen LogP contribution in [0.4, 0.5) is 14.5 Å². The second-order valence-electron chi connectivity index (χ2n) is 4.55. The van der Waals surface area contributed by atoms with Gasteiger partial charge < -0.3 is 10.5 Å². The van der Waals surface area contributed by atoms with E-state index >= 15 is 0 Å². The maximum Gasteiger partial charge on any atom is 0.185 e. The highest BCUT2D eigenvalue weighted by atomic mass is 19.1. The van der Waals surface area contributed by atoms with Crippen LogP contribution < -0.4 is 5.73 Å². The van der Waals surface area contributed by atoms with E-state index in [0.29, 0.717) is 19.8 Å². The zero-order chi connectivity index (χ0) is 15.2. The van der Waals surface area contributed by atoms with Crippen LogP contribution in [0, 0.1) is 11.6 Å². The number of aromatic nitrogens is 4. The van der Waals surface area contributed by atoms with Crippen molar-refractivity contribution in [2.45, 2.75) is 26.3 Å². The normalized spacial score (nSPS) is 11.0. The molecule has 0 aliphatic carbocycles. The molecule has 6 nitrogen and oxygen atoms in total. The van der Waals surface area contributed by atoms with Gasteiger partial charge in [0.1, 0.15) is 11.6 Å². The summed E-state index contributed by atoms with van der Waals surface area (Å²) in [6, 6.07) is 1.91. The van der Waals surface area contributed by atoms with Crippen molar-refractivity contribution in [3.05, 3.63) is 23.8 Å². The van der Waals surface area contributed by atoms with E-state index in [1.54, 1.807) is 0 Å². The minimum Gasteiger partial charge on any atom is -0.396 e. The van der Waals surface area contributed by atoms with Gasteiger partial charge >= 0.3 is 0 Å². The molecule has 0 atom stereocenters. The Morgan fingerprint density at radius 3 is 2.81 bits per heavy atom. The molecule has 0 amide bonds. The van der Waals surface area contributed by atoms with E-state index < -0.39 is 11.6 Å². The molecule has 2 aromatic rings. The van der Waals surface area contributed by atoms with Crippen LogP contribution in [0.1, 0.15) is 19.8 Å².